The van der Waals surface area contributed by atoms with E-state index in [2.05, 4.69) is 29.6 Å². The summed E-state index contributed by atoms with van der Waals surface area (Å²) in [5, 5.41) is 6.25. The molecule has 39 heavy (non-hydrogen) atoms. The van der Waals surface area contributed by atoms with Crippen LogP contribution >= 0.6 is 11.6 Å². The Bertz CT molecular complexity index is 1390. The second-order valence-corrected chi connectivity index (χ2v) is 10.9. The van der Waals surface area contributed by atoms with Gasteiger partial charge in [-0.3, -0.25) is 9.59 Å². The van der Waals surface area contributed by atoms with Gasteiger partial charge in [0, 0.05) is 30.5 Å². The summed E-state index contributed by atoms with van der Waals surface area (Å²) in [7, 11) is 0. The predicted molar refractivity (Wildman–Crippen MR) is 159 cm³/mol. The molecule has 4 aromatic rings. The van der Waals surface area contributed by atoms with Crippen LogP contribution in [0.2, 0.25) is 5.02 Å². The smallest absolute Gasteiger partial charge is 0.243 e. The van der Waals surface area contributed by atoms with Crippen molar-refractivity contribution in [1.82, 2.24) is 10.2 Å². The van der Waals surface area contributed by atoms with E-state index < -0.39 is 6.04 Å². The molecule has 0 radical (unpaired) electrons. The quantitative estimate of drug-likeness (QED) is 0.233. The molecule has 5 heteroatoms. The minimum absolute atomic E-state index is 0.0274. The van der Waals surface area contributed by atoms with E-state index in [1.54, 1.807) is 4.90 Å². The van der Waals surface area contributed by atoms with Crippen molar-refractivity contribution in [3.05, 3.63) is 119 Å². The van der Waals surface area contributed by atoms with Crippen LogP contribution in [-0.2, 0) is 29.0 Å². The number of nitrogens with one attached hydrogen (secondary N) is 1. The number of carbonyl (C=O) groups is 2. The number of hydrogen-bond donors (Lipinski definition) is 1. The SMILES string of the molecule is O=C(NC1CCCC1)C(Cc1ccccc1)N(Cc1ccc(Cl)cc1)C(=O)CCc1cccc2ccccc12. The highest BCUT2D eigenvalue weighted by Gasteiger charge is 2.32. The molecule has 0 saturated heterocycles. The topological polar surface area (TPSA) is 49.4 Å². The molecule has 0 aromatic heterocycles. The third kappa shape index (κ3) is 7.07. The molecule has 5 rings (SSSR count). The van der Waals surface area contributed by atoms with Crippen molar-refractivity contribution >= 4 is 34.2 Å². The summed E-state index contributed by atoms with van der Waals surface area (Å²) < 4.78 is 0. The van der Waals surface area contributed by atoms with Gasteiger partial charge in [-0.2, -0.15) is 0 Å². The maximum Gasteiger partial charge on any atom is 0.243 e. The second-order valence-electron chi connectivity index (χ2n) is 10.5. The van der Waals surface area contributed by atoms with Gasteiger partial charge in [-0.05, 0) is 58.9 Å². The first-order valence-corrected chi connectivity index (χ1v) is 14.3. The van der Waals surface area contributed by atoms with Gasteiger partial charge in [0.05, 0.1) is 0 Å². The maximum absolute atomic E-state index is 14.0. The van der Waals surface area contributed by atoms with Gasteiger partial charge in [-0.15, -0.1) is 0 Å². The van der Waals surface area contributed by atoms with Gasteiger partial charge in [0.2, 0.25) is 11.8 Å². The third-order valence-corrected chi connectivity index (χ3v) is 7.98. The molecular weight excluding hydrogens is 504 g/mol. The van der Waals surface area contributed by atoms with Crippen molar-refractivity contribution in [2.75, 3.05) is 0 Å². The number of nitrogens with zero attached hydrogens (tertiary/aromatic N) is 1. The molecule has 4 nitrogen and oxygen atoms in total. The zero-order chi connectivity index (χ0) is 27.0. The summed E-state index contributed by atoms with van der Waals surface area (Å²) in [5.74, 6) is -0.0985. The van der Waals surface area contributed by atoms with Crippen LogP contribution in [-0.4, -0.2) is 28.8 Å². The average molecular weight is 539 g/mol. The predicted octanol–water partition coefficient (Wildman–Crippen LogP) is 7.12. The number of hydrogen-bond acceptors (Lipinski definition) is 2. The van der Waals surface area contributed by atoms with Crippen molar-refractivity contribution in [3.63, 3.8) is 0 Å². The zero-order valence-electron chi connectivity index (χ0n) is 22.2. The van der Waals surface area contributed by atoms with E-state index in [-0.39, 0.29) is 17.9 Å². The molecule has 200 valence electrons. The molecule has 1 aliphatic carbocycles. The Morgan fingerprint density at radius 3 is 2.28 bits per heavy atom. The van der Waals surface area contributed by atoms with Gasteiger partial charge in [-0.1, -0.05) is 109 Å². The Hall–Kier alpha value is -3.63. The Morgan fingerprint density at radius 2 is 1.51 bits per heavy atom. The average Bonchev–Trinajstić information content (AvgIpc) is 3.48. The Morgan fingerprint density at radius 1 is 0.821 bits per heavy atom. The number of amides is 2. The summed E-state index contributed by atoms with van der Waals surface area (Å²) in [6, 6.07) is 31.6. The molecule has 1 saturated carbocycles. The van der Waals surface area contributed by atoms with Crippen molar-refractivity contribution in [3.8, 4) is 0 Å². The molecule has 4 aromatic carbocycles. The highest BCUT2D eigenvalue weighted by atomic mass is 35.5. The monoisotopic (exact) mass is 538 g/mol. The van der Waals surface area contributed by atoms with Gasteiger partial charge < -0.3 is 10.2 Å². The van der Waals surface area contributed by atoms with E-state index in [1.165, 1.54) is 5.39 Å². The minimum atomic E-state index is -0.608. The fourth-order valence-electron chi connectivity index (χ4n) is 5.60. The largest absolute Gasteiger partial charge is 0.352 e. The molecule has 1 N–H and O–H groups in total. The normalized spacial score (nSPS) is 14.3. The van der Waals surface area contributed by atoms with Crippen LogP contribution in [0.1, 0.15) is 48.8 Å². The van der Waals surface area contributed by atoms with Crippen LogP contribution in [0, 0.1) is 0 Å². The minimum Gasteiger partial charge on any atom is -0.352 e. The fraction of sp³-hybridized carbons (Fsp3) is 0.294. The van der Waals surface area contributed by atoms with E-state index in [0.717, 1.165) is 47.8 Å². The highest BCUT2D eigenvalue weighted by Crippen LogP contribution is 2.23. The molecule has 1 aliphatic rings. The maximum atomic E-state index is 14.0. The molecular formula is C34H35ClN2O2. The first-order valence-electron chi connectivity index (χ1n) is 13.9. The zero-order valence-corrected chi connectivity index (χ0v) is 22.9. The van der Waals surface area contributed by atoms with E-state index in [4.69, 9.17) is 11.6 Å². The number of carbonyl (C=O) groups excluding carboxylic acids is 2. The van der Waals surface area contributed by atoms with Crippen LogP contribution in [0.25, 0.3) is 10.8 Å². The van der Waals surface area contributed by atoms with Crippen molar-refractivity contribution in [2.45, 2.75) is 63.6 Å². The number of fused-ring (bicyclic) bond motifs is 1. The summed E-state index contributed by atoms with van der Waals surface area (Å²) >= 11 is 6.15. The molecule has 0 aliphatic heterocycles. The fourth-order valence-corrected chi connectivity index (χ4v) is 5.73. The highest BCUT2D eigenvalue weighted by molar-refractivity contribution is 6.30. The van der Waals surface area contributed by atoms with Crippen LogP contribution < -0.4 is 5.32 Å². The molecule has 1 unspecified atom stereocenters. The summed E-state index contributed by atoms with van der Waals surface area (Å²) in [6.07, 6.45) is 5.65. The van der Waals surface area contributed by atoms with Gasteiger partial charge in [0.25, 0.3) is 0 Å². The lowest BCUT2D eigenvalue weighted by Crippen LogP contribution is -2.52. The van der Waals surface area contributed by atoms with Crippen molar-refractivity contribution in [1.29, 1.82) is 0 Å². The van der Waals surface area contributed by atoms with Gasteiger partial charge >= 0.3 is 0 Å². The van der Waals surface area contributed by atoms with Crippen LogP contribution in [0.4, 0.5) is 0 Å². The summed E-state index contributed by atoms with van der Waals surface area (Å²) in [5.41, 5.74) is 3.12. The van der Waals surface area contributed by atoms with E-state index in [1.807, 2.05) is 72.8 Å². The molecule has 0 spiro atoms. The number of rotatable bonds is 10. The Balaban J connectivity index is 1.43. The first kappa shape index (κ1) is 27.0. The van der Waals surface area contributed by atoms with Crippen LogP contribution in [0.15, 0.2) is 97.1 Å². The lowest BCUT2D eigenvalue weighted by Gasteiger charge is -2.32. The van der Waals surface area contributed by atoms with E-state index in [9.17, 15) is 9.59 Å². The lowest BCUT2D eigenvalue weighted by atomic mass is 9.99. The number of benzene rings is 4. The van der Waals surface area contributed by atoms with Gasteiger partial charge in [0.1, 0.15) is 6.04 Å². The van der Waals surface area contributed by atoms with Gasteiger partial charge in [-0.25, -0.2) is 0 Å². The summed E-state index contributed by atoms with van der Waals surface area (Å²) in [4.78, 5) is 29.6. The molecule has 2 amide bonds. The first-order chi connectivity index (χ1) is 19.1. The number of aryl methyl sites for hydroxylation is 1. The van der Waals surface area contributed by atoms with E-state index in [0.29, 0.717) is 30.8 Å². The standard InChI is InChI=1S/C34H35ClN2O2/c35-29-20-17-26(18-21-29)24-37(33(38)22-19-28-13-8-12-27-11-4-7-16-31(27)28)32(23-25-9-2-1-3-10-25)34(39)36-30-14-5-6-15-30/h1-4,7-13,16-18,20-21,30,32H,5-6,14-15,19,22-24H2,(H,36,39). The third-order valence-electron chi connectivity index (χ3n) is 7.73. The molecule has 0 bridgehead atoms. The lowest BCUT2D eigenvalue weighted by molar-refractivity contribution is -0.141. The van der Waals surface area contributed by atoms with Gasteiger partial charge in [0.15, 0.2) is 0 Å². The van der Waals surface area contributed by atoms with Crippen molar-refractivity contribution in [2.24, 2.45) is 0 Å². The van der Waals surface area contributed by atoms with Crippen molar-refractivity contribution < 1.29 is 9.59 Å². The number of halogens is 1. The van der Waals surface area contributed by atoms with Crippen LogP contribution in [0.3, 0.4) is 0 Å². The molecule has 0 heterocycles. The van der Waals surface area contributed by atoms with E-state index >= 15 is 0 Å². The molecule has 1 fully saturated rings. The Kier molecular flexibility index (Phi) is 8.95. The Labute approximate surface area is 236 Å². The summed E-state index contributed by atoms with van der Waals surface area (Å²) in [6.45, 7) is 0.348. The molecule has 1 atom stereocenters. The van der Waals surface area contributed by atoms with Crippen LogP contribution in [0.5, 0.6) is 0 Å². The second kappa shape index (κ2) is 12.9.